The third-order valence-electron chi connectivity index (χ3n) is 5.66. The first kappa shape index (κ1) is 21.4. The van der Waals surface area contributed by atoms with Crippen molar-refractivity contribution in [1.82, 2.24) is 0 Å². The molecule has 0 aromatic heterocycles. The summed E-state index contributed by atoms with van der Waals surface area (Å²) in [7, 11) is 1.17. The van der Waals surface area contributed by atoms with E-state index in [4.69, 9.17) is 18.9 Å². The van der Waals surface area contributed by atoms with E-state index in [1.54, 1.807) is 0 Å². The van der Waals surface area contributed by atoms with E-state index in [9.17, 15) is 35.4 Å². The molecule has 0 bridgehead atoms. The maximum absolute atomic E-state index is 12.0. The number of aliphatic hydroxyl groups is 6. The van der Waals surface area contributed by atoms with Crippen molar-refractivity contribution in [2.75, 3.05) is 13.7 Å². The Kier molecular flexibility index (Phi) is 5.99. The SMILES string of the molecule is COC(=O)C1=COC(OC2OC(CO)C(O)C(O)C2O)C2C1C(O)C[C@]2(C)O. The highest BCUT2D eigenvalue weighted by atomic mass is 16.8. The van der Waals surface area contributed by atoms with Crippen LogP contribution in [0, 0.1) is 11.8 Å². The topological polar surface area (TPSA) is 175 Å². The first-order valence-corrected chi connectivity index (χ1v) is 8.92. The molecule has 1 aliphatic carbocycles. The van der Waals surface area contributed by atoms with Crippen LogP contribution in [0.4, 0.5) is 0 Å². The second-order valence-corrected chi connectivity index (χ2v) is 7.58. The fraction of sp³-hybridized carbons (Fsp3) is 0.824. The number of methoxy groups -OCH3 is 1. The lowest BCUT2D eigenvalue weighted by Crippen LogP contribution is -2.60. The van der Waals surface area contributed by atoms with Gasteiger partial charge in [-0.15, -0.1) is 0 Å². The van der Waals surface area contributed by atoms with Crippen LogP contribution in [0.25, 0.3) is 0 Å². The van der Waals surface area contributed by atoms with Crippen LogP contribution in [-0.2, 0) is 23.7 Å². The Morgan fingerprint density at radius 3 is 2.50 bits per heavy atom. The Morgan fingerprint density at radius 2 is 1.89 bits per heavy atom. The van der Waals surface area contributed by atoms with Crippen molar-refractivity contribution in [3.63, 3.8) is 0 Å². The number of hydrogen-bond acceptors (Lipinski definition) is 11. The summed E-state index contributed by atoms with van der Waals surface area (Å²) in [6, 6.07) is 0. The molecule has 1 saturated carbocycles. The van der Waals surface area contributed by atoms with E-state index in [1.807, 2.05) is 0 Å². The molecular weight excluding hydrogens is 380 g/mol. The summed E-state index contributed by atoms with van der Waals surface area (Å²) in [5, 5.41) is 60.4. The molecule has 10 atom stereocenters. The van der Waals surface area contributed by atoms with Gasteiger partial charge in [0.2, 0.25) is 6.29 Å². The molecule has 0 spiro atoms. The normalized spacial score (nSPS) is 48.4. The number of hydrogen-bond donors (Lipinski definition) is 6. The van der Waals surface area contributed by atoms with Gasteiger partial charge in [-0.2, -0.15) is 0 Å². The number of rotatable bonds is 4. The molecule has 2 fully saturated rings. The van der Waals surface area contributed by atoms with Crippen molar-refractivity contribution in [2.24, 2.45) is 11.8 Å². The molecule has 0 radical (unpaired) electrons. The number of ether oxygens (including phenoxy) is 4. The molecule has 160 valence electrons. The predicted molar refractivity (Wildman–Crippen MR) is 88.1 cm³/mol. The van der Waals surface area contributed by atoms with Gasteiger partial charge in [0, 0.05) is 12.3 Å². The molecule has 1 saturated heterocycles. The van der Waals surface area contributed by atoms with Crippen molar-refractivity contribution in [3.8, 4) is 0 Å². The largest absolute Gasteiger partial charge is 0.471 e. The van der Waals surface area contributed by atoms with Gasteiger partial charge in [0.05, 0.1) is 43.2 Å². The van der Waals surface area contributed by atoms with Gasteiger partial charge in [-0.05, 0) is 6.92 Å². The van der Waals surface area contributed by atoms with E-state index in [0.717, 1.165) is 6.26 Å². The molecule has 0 aromatic carbocycles. The summed E-state index contributed by atoms with van der Waals surface area (Å²) < 4.78 is 21.1. The zero-order valence-electron chi connectivity index (χ0n) is 15.4. The van der Waals surface area contributed by atoms with Crippen LogP contribution in [0.2, 0.25) is 0 Å². The summed E-state index contributed by atoms with van der Waals surface area (Å²) in [4.78, 5) is 12.0. The minimum Gasteiger partial charge on any atom is -0.471 e. The van der Waals surface area contributed by atoms with Gasteiger partial charge < -0.3 is 49.6 Å². The lowest BCUT2D eigenvalue weighted by Gasteiger charge is -2.44. The quantitative estimate of drug-likeness (QED) is 0.262. The number of esters is 1. The van der Waals surface area contributed by atoms with E-state index < -0.39 is 73.1 Å². The van der Waals surface area contributed by atoms with E-state index in [2.05, 4.69) is 0 Å². The molecule has 11 nitrogen and oxygen atoms in total. The second kappa shape index (κ2) is 7.84. The van der Waals surface area contributed by atoms with E-state index in [-0.39, 0.29) is 12.0 Å². The number of aliphatic hydroxyl groups excluding tert-OH is 5. The molecule has 11 heteroatoms. The van der Waals surface area contributed by atoms with Gasteiger partial charge in [0.25, 0.3) is 0 Å². The monoisotopic (exact) mass is 406 g/mol. The van der Waals surface area contributed by atoms with Crippen LogP contribution in [0.15, 0.2) is 11.8 Å². The van der Waals surface area contributed by atoms with Gasteiger partial charge >= 0.3 is 5.97 Å². The Morgan fingerprint density at radius 1 is 1.21 bits per heavy atom. The van der Waals surface area contributed by atoms with Crippen molar-refractivity contribution in [3.05, 3.63) is 11.8 Å². The first-order valence-electron chi connectivity index (χ1n) is 8.92. The highest BCUT2D eigenvalue weighted by Crippen LogP contribution is 2.49. The predicted octanol–water partition coefficient (Wildman–Crippen LogP) is -3.04. The lowest BCUT2D eigenvalue weighted by atomic mass is 9.80. The van der Waals surface area contributed by atoms with E-state index >= 15 is 0 Å². The zero-order valence-corrected chi connectivity index (χ0v) is 15.4. The van der Waals surface area contributed by atoms with Crippen molar-refractivity contribution in [1.29, 1.82) is 0 Å². The summed E-state index contributed by atoms with van der Waals surface area (Å²) in [5.41, 5.74) is -1.46. The number of fused-ring (bicyclic) bond motifs is 1. The Hall–Kier alpha value is -1.31. The standard InChI is InChI=1S/C17H26O11/c1-17(24)3-7(19)9-6(14(23)25-2)5-26-15(10(9)17)28-16-13(22)12(21)11(20)8(4-18)27-16/h5,7-13,15-16,18-22,24H,3-4H2,1-2H3/t7?,8?,9?,10?,11?,12?,13?,15?,16?,17-/m0/s1. The molecule has 28 heavy (non-hydrogen) atoms. The molecule has 3 rings (SSSR count). The molecule has 2 aliphatic heterocycles. The maximum atomic E-state index is 12.0. The molecule has 0 amide bonds. The van der Waals surface area contributed by atoms with Crippen molar-refractivity contribution in [2.45, 2.75) is 62.0 Å². The third-order valence-corrected chi connectivity index (χ3v) is 5.66. The van der Waals surface area contributed by atoms with Crippen LogP contribution in [0.3, 0.4) is 0 Å². The number of carbonyl (C=O) groups is 1. The first-order chi connectivity index (χ1) is 13.1. The third kappa shape index (κ3) is 3.53. The van der Waals surface area contributed by atoms with Gasteiger partial charge in [-0.25, -0.2) is 4.79 Å². The average molecular weight is 406 g/mol. The summed E-state index contributed by atoms with van der Waals surface area (Å²) >= 11 is 0. The summed E-state index contributed by atoms with van der Waals surface area (Å²) in [6.45, 7) is 0.819. The second-order valence-electron chi connectivity index (χ2n) is 7.58. The number of carbonyl (C=O) groups excluding carboxylic acids is 1. The van der Waals surface area contributed by atoms with Gasteiger partial charge in [0.15, 0.2) is 6.29 Å². The molecule has 3 aliphatic rings. The van der Waals surface area contributed by atoms with Crippen LogP contribution in [0.5, 0.6) is 0 Å². The molecule has 9 unspecified atom stereocenters. The molecular formula is C17H26O11. The molecule has 6 N–H and O–H groups in total. The Balaban J connectivity index is 1.86. The van der Waals surface area contributed by atoms with E-state index in [1.165, 1.54) is 14.0 Å². The van der Waals surface area contributed by atoms with Gasteiger partial charge in [-0.3, -0.25) is 0 Å². The van der Waals surface area contributed by atoms with Crippen LogP contribution >= 0.6 is 0 Å². The van der Waals surface area contributed by atoms with Crippen molar-refractivity contribution < 1.29 is 54.4 Å². The fourth-order valence-corrected chi connectivity index (χ4v) is 4.21. The highest BCUT2D eigenvalue weighted by Gasteiger charge is 2.59. The molecule has 0 aromatic rings. The molecule has 2 heterocycles. The van der Waals surface area contributed by atoms with Crippen LogP contribution in [0.1, 0.15) is 13.3 Å². The maximum Gasteiger partial charge on any atom is 0.337 e. The fourth-order valence-electron chi connectivity index (χ4n) is 4.21. The van der Waals surface area contributed by atoms with Gasteiger partial charge in [0.1, 0.15) is 24.4 Å². The Labute approximate surface area is 160 Å². The Bertz CT molecular complexity index is 618. The van der Waals surface area contributed by atoms with Crippen molar-refractivity contribution >= 4 is 5.97 Å². The minimum absolute atomic E-state index is 0.0337. The smallest absolute Gasteiger partial charge is 0.337 e. The lowest BCUT2D eigenvalue weighted by molar-refractivity contribution is -0.346. The van der Waals surface area contributed by atoms with Crippen LogP contribution in [-0.4, -0.2) is 99.0 Å². The highest BCUT2D eigenvalue weighted by molar-refractivity contribution is 5.89. The summed E-state index contributed by atoms with van der Waals surface area (Å²) in [6.07, 6.45) is -8.88. The van der Waals surface area contributed by atoms with E-state index in [0.29, 0.717) is 0 Å². The minimum atomic E-state index is -1.66. The van der Waals surface area contributed by atoms with Crippen LogP contribution < -0.4 is 0 Å². The zero-order chi connectivity index (χ0) is 20.8. The average Bonchev–Trinajstić information content (AvgIpc) is 2.91. The van der Waals surface area contributed by atoms with Gasteiger partial charge in [-0.1, -0.05) is 0 Å². The summed E-state index contributed by atoms with van der Waals surface area (Å²) in [5.74, 6) is -2.50.